The Balaban J connectivity index is 1.52. The summed E-state index contributed by atoms with van der Waals surface area (Å²) in [6, 6.07) is 15.5. The van der Waals surface area contributed by atoms with Crippen LogP contribution in [0.25, 0.3) is 0 Å². The van der Waals surface area contributed by atoms with Gasteiger partial charge in [-0.3, -0.25) is 4.79 Å². The van der Waals surface area contributed by atoms with Gasteiger partial charge in [-0.15, -0.1) is 10.2 Å². The van der Waals surface area contributed by atoms with Crippen LogP contribution in [-0.4, -0.2) is 33.5 Å². The zero-order valence-electron chi connectivity index (χ0n) is 17.6. The fourth-order valence-corrected chi connectivity index (χ4v) is 3.57. The highest BCUT2D eigenvalue weighted by Gasteiger charge is 2.18. The molecule has 1 N–H and O–H groups in total. The van der Waals surface area contributed by atoms with Crippen LogP contribution < -0.4 is 14.8 Å². The fraction of sp³-hybridized carbons (Fsp3) is 0.318. The average Bonchev–Trinajstić information content (AvgIpc) is 3.12. The third-order valence-electron chi connectivity index (χ3n) is 4.53. The monoisotopic (exact) mass is 426 g/mol. The van der Waals surface area contributed by atoms with Crippen molar-refractivity contribution in [1.82, 2.24) is 20.1 Å². The van der Waals surface area contributed by atoms with Gasteiger partial charge in [-0.05, 0) is 31.5 Å². The summed E-state index contributed by atoms with van der Waals surface area (Å²) in [5.74, 6) is 2.31. The maximum Gasteiger partial charge on any atom is 0.230 e. The van der Waals surface area contributed by atoms with Gasteiger partial charge in [0.25, 0.3) is 0 Å². The van der Waals surface area contributed by atoms with Crippen LogP contribution in [0.3, 0.4) is 0 Å². The first-order valence-electron chi connectivity index (χ1n) is 9.61. The summed E-state index contributed by atoms with van der Waals surface area (Å²) in [4.78, 5) is 12.2. The number of thioether (sulfide) groups is 1. The number of rotatable bonds is 9. The quantitative estimate of drug-likeness (QED) is 0.526. The van der Waals surface area contributed by atoms with Crippen molar-refractivity contribution in [1.29, 1.82) is 0 Å². The van der Waals surface area contributed by atoms with Crippen LogP contribution in [0.15, 0.2) is 53.7 Å². The lowest BCUT2D eigenvalue weighted by atomic mass is 10.1. The second kappa shape index (κ2) is 10.2. The van der Waals surface area contributed by atoms with Crippen LogP contribution in [0.2, 0.25) is 0 Å². The number of carbonyl (C=O) groups is 1. The Bertz CT molecular complexity index is 988. The molecule has 0 fully saturated rings. The number of aromatic nitrogens is 3. The predicted molar refractivity (Wildman–Crippen MR) is 117 cm³/mol. The van der Waals surface area contributed by atoms with E-state index < -0.39 is 0 Å². The van der Waals surface area contributed by atoms with Crippen molar-refractivity contribution in [3.8, 4) is 11.5 Å². The Morgan fingerprint density at radius 2 is 1.90 bits per heavy atom. The Labute approximate surface area is 180 Å². The smallest absolute Gasteiger partial charge is 0.230 e. The van der Waals surface area contributed by atoms with Gasteiger partial charge in [0.15, 0.2) is 17.1 Å². The molecule has 8 heteroatoms. The number of methoxy groups -OCH3 is 1. The number of nitrogens with zero attached hydrogens (tertiary/aromatic N) is 3. The molecular weight excluding hydrogens is 400 g/mol. The summed E-state index contributed by atoms with van der Waals surface area (Å²) in [6.45, 7) is 4.46. The molecule has 0 spiro atoms. The van der Waals surface area contributed by atoms with E-state index in [1.54, 1.807) is 7.11 Å². The lowest BCUT2D eigenvalue weighted by Gasteiger charge is -2.14. The van der Waals surface area contributed by atoms with E-state index in [0.717, 1.165) is 11.3 Å². The second-order valence-corrected chi connectivity index (χ2v) is 7.83. The molecule has 1 aromatic heterocycles. The molecular formula is C22H26N4O3S. The standard InChI is InChI=1S/C22H26N4O3S/c1-15-8-10-17(11-9-15)13-23-20(27)14-30-22-25-24-21(26(22)3)16(2)29-19-7-5-6-18(12-19)28-4/h5-12,16H,13-14H2,1-4H3,(H,23,27). The van der Waals surface area contributed by atoms with Crippen molar-refractivity contribution in [2.24, 2.45) is 7.05 Å². The summed E-state index contributed by atoms with van der Waals surface area (Å²) >= 11 is 1.35. The molecule has 30 heavy (non-hydrogen) atoms. The highest BCUT2D eigenvalue weighted by molar-refractivity contribution is 7.99. The van der Waals surface area contributed by atoms with E-state index in [0.29, 0.717) is 23.3 Å². The van der Waals surface area contributed by atoms with Crippen LogP contribution in [0.5, 0.6) is 11.5 Å². The molecule has 3 aromatic rings. The van der Waals surface area contributed by atoms with Crippen LogP contribution in [0.4, 0.5) is 0 Å². The van der Waals surface area contributed by atoms with Crippen LogP contribution in [-0.2, 0) is 18.4 Å². The van der Waals surface area contributed by atoms with E-state index in [-0.39, 0.29) is 17.8 Å². The van der Waals surface area contributed by atoms with E-state index in [4.69, 9.17) is 9.47 Å². The van der Waals surface area contributed by atoms with Crippen molar-refractivity contribution in [2.75, 3.05) is 12.9 Å². The topological polar surface area (TPSA) is 78.3 Å². The van der Waals surface area contributed by atoms with Crippen LogP contribution >= 0.6 is 11.8 Å². The van der Waals surface area contributed by atoms with Gasteiger partial charge in [0.1, 0.15) is 11.5 Å². The maximum atomic E-state index is 12.2. The molecule has 1 amide bonds. The normalized spacial score (nSPS) is 11.7. The zero-order chi connectivity index (χ0) is 21.5. The largest absolute Gasteiger partial charge is 0.497 e. The highest BCUT2D eigenvalue weighted by Crippen LogP contribution is 2.26. The van der Waals surface area contributed by atoms with Crippen LogP contribution in [0, 0.1) is 6.92 Å². The van der Waals surface area contributed by atoms with Crippen molar-refractivity contribution in [3.63, 3.8) is 0 Å². The number of hydrogen-bond acceptors (Lipinski definition) is 6. The molecule has 3 rings (SSSR count). The minimum Gasteiger partial charge on any atom is -0.497 e. The summed E-state index contributed by atoms with van der Waals surface area (Å²) in [5, 5.41) is 12.0. The van der Waals surface area contributed by atoms with Gasteiger partial charge in [0.2, 0.25) is 5.91 Å². The molecule has 0 saturated carbocycles. The number of aryl methyl sites for hydroxylation is 1. The highest BCUT2D eigenvalue weighted by atomic mass is 32.2. The van der Waals surface area contributed by atoms with Crippen molar-refractivity contribution >= 4 is 17.7 Å². The second-order valence-electron chi connectivity index (χ2n) is 6.89. The molecule has 0 aliphatic carbocycles. The van der Waals surface area contributed by atoms with Crippen molar-refractivity contribution < 1.29 is 14.3 Å². The van der Waals surface area contributed by atoms with Gasteiger partial charge in [0, 0.05) is 19.7 Å². The molecule has 0 radical (unpaired) electrons. The van der Waals surface area contributed by atoms with Gasteiger partial charge < -0.3 is 19.4 Å². The summed E-state index contributed by atoms with van der Waals surface area (Å²) < 4.78 is 13.0. The number of benzene rings is 2. The first-order chi connectivity index (χ1) is 14.5. The van der Waals surface area contributed by atoms with Crippen LogP contribution in [0.1, 0.15) is 30.0 Å². The minimum absolute atomic E-state index is 0.0502. The fourth-order valence-electron chi connectivity index (χ4n) is 2.82. The van der Waals surface area contributed by atoms with Gasteiger partial charge in [0.05, 0.1) is 12.9 Å². The molecule has 7 nitrogen and oxygen atoms in total. The Morgan fingerprint density at radius 3 is 2.63 bits per heavy atom. The summed E-state index contributed by atoms with van der Waals surface area (Å²) in [5.41, 5.74) is 2.27. The first-order valence-corrected chi connectivity index (χ1v) is 10.6. The molecule has 1 heterocycles. The van der Waals surface area contributed by atoms with Gasteiger partial charge in [-0.25, -0.2) is 0 Å². The summed E-state index contributed by atoms with van der Waals surface area (Å²) in [6.07, 6.45) is -0.306. The molecule has 0 aliphatic heterocycles. The Hall–Kier alpha value is -3.00. The third-order valence-corrected chi connectivity index (χ3v) is 5.55. The number of carbonyl (C=O) groups excluding carboxylic acids is 1. The molecule has 0 bridgehead atoms. The van der Waals surface area contributed by atoms with E-state index in [1.165, 1.54) is 17.3 Å². The zero-order valence-corrected chi connectivity index (χ0v) is 18.4. The molecule has 158 valence electrons. The van der Waals surface area contributed by atoms with E-state index in [2.05, 4.69) is 15.5 Å². The predicted octanol–water partition coefficient (Wildman–Crippen LogP) is 3.68. The average molecular weight is 427 g/mol. The molecule has 0 aliphatic rings. The molecule has 2 aromatic carbocycles. The Kier molecular flexibility index (Phi) is 7.35. The van der Waals surface area contributed by atoms with Gasteiger partial charge in [-0.2, -0.15) is 0 Å². The SMILES string of the molecule is COc1cccc(OC(C)c2nnc(SCC(=O)NCc3ccc(C)cc3)n2C)c1. The minimum atomic E-state index is -0.306. The van der Waals surface area contributed by atoms with Crippen molar-refractivity contribution in [3.05, 3.63) is 65.5 Å². The number of amides is 1. The Morgan fingerprint density at radius 1 is 1.17 bits per heavy atom. The maximum absolute atomic E-state index is 12.2. The van der Waals surface area contributed by atoms with Gasteiger partial charge in [-0.1, -0.05) is 47.7 Å². The molecule has 0 saturated heterocycles. The van der Waals surface area contributed by atoms with E-state index in [9.17, 15) is 4.79 Å². The lowest BCUT2D eigenvalue weighted by Crippen LogP contribution is -2.24. The summed E-state index contributed by atoms with van der Waals surface area (Å²) in [7, 11) is 3.49. The first kappa shape index (κ1) is 21.7. The number of nitrogens with one attached hydrogen (secondary N) is 1. The van der Waals surface area contributed by atoms with E-state index >= 15 is 0 Å². The number of hydrogen-bond donors (Lipinski definition) is 1. The third kappa shape index (κ3) is 5.76. The number of ether oxygens (including phenoxy) is 2. The lowest BCUT2D eigenvalue weighted by molar-refractivity contribution is -0.118. The van der Waals surface area contributed by atoms with Gasteiger partial charge >= 0.3 is 0 Å². The molecule has 1 atom stereocenters. The molecule has 1 unspecified atom stereocenters. The van der Waals surface area contributed by atoms with Crippen molar-refractivity contribution in [2.45, 2.75) is 31.7 Å². The van der Waals surface area contributed by atoms with E-state index in [1.807, 2.05) is 74.0 Å².